The molecular formula is C14H17NO2. The van der Waals surface area contributed by atoms with E-state index in [4.69, 9.17) is 0 Å². The Hall–Kier alpha value is -1.90. The van der Waals surface area contributed by atoms with Crippen LogP contribution >= 0.6 is 0 Å². The summed E-state index contributed by atoms with van der Waals surface area (Å²) in [6, 6.07) is 5.88. The second-order valence-corrected chi connectivity index (χ2v) is 4.05. The molecule has 90 valence electrons. The first kappa shape index (κ1) is 13.2. The lowest BCUT2D eigenvalue weighted by atomic mass is 10.1. The van der Waals surface area contributed by atoms with E-state index >= 15 is 0 Å². The quantitative estimate of drug-likeness (QED) is 0.492. The number of carbonyl (C=O) groups is 1. The number of hydrogen-bond acceptors (Lipinski definition) is 3. The van der Waals surface area contributed by atoms with E-state index in [1.807, 2.05) is 32.0 Å². The molecule has 0 atom stereocenters. The second kappa shape index (κ2) is 5.43. The maximum atomic E-state index is 11.3. The molecule has 3 nitrogen and oxygen atoms in total. The van der Waals surface area contributed by atoms with Gasteiger partial charge in [-0.25, -0.2) is 0 Å². The molecule has 17 heavy (non-hydrogen) atoms. The summed E-state index contributed by atoms with van der Waals surface area (Å²) in [5, 5.41) is 9.37. The number of aliphatic imine (C=N–C) groups is 1. The highest BCUT2D eigenvalue weighted by Crippen LogP contribution is 2.22. The number of benzene rings is 1. The van der Waals surface area contributed by atoms with Crippen molar-refractivity contribution in [2.45, 2.75) is 27.7 Å². The van der Waals surface area contributed by atoms with Gasteiger partial charge in [0.15, 0.2) is 5.78 Å². The summed E-state index contributed by atoms with van der Waals surface area (Å²) in [5.41, 5.74) is 3.17. The van der Waals surface area contributed by atoms with E-state index in [0.29, 0.717) is 0 Å². The van der Waals surface area contributed by atoms with Crippen molar-refractivity contribution in [1.29, 1.82) is 0 Å². The first-order valence-corrected chi connectivity index (χ1v) is 5.44. The second-order valence-electron chi connectivity index (χ2n) is 4.05. The van der Waals surface area contributed by atoms with Gasteiger partial charge in [0, 0.05) is 6.21 Å². The highest BCUT2D eigenvalue weighted by molar-refractivity contribution is 6.13. The first-order chi connectivity index (χ1) is 7.93. The van der Waals surface area contributed by atoms with Gasteiger partial charge in [0.25, 0.3) is 0 Å². The van der Waals surface area contributed by atoms with E-state index < -0.39 is 0 Å². The van der Waals surface area contributed by atoms with Gasteiger partial charge in [0.1, 0.15) is 5.76 Å². The van der Waals surface area contributed by atoms with Crippen molar-refractivity contribution < 1.29 is 9.90 Å². The number of para-hydroxylation sites is 1. The minimum Gasteiger partial charge on any atom is -0.512 e. The number of aliphatic hydroxyl groups excluding tert-OH is 1. The molecule has 0 saturated carbocycles. The van der Waals surface area contributed by atoms with E-state index in [1.165, 1.54) is 20.1 Å². The van der Waals surface area contributed by atoms with Crippen molar-refractivity contribution in [2.75, 3.05) is 0 Å². The molecule has 0 fully saturated rings. The monoisotopic (exact) mass is 231 g/mol. The molecule has 0 aliphatic heterocycles. The summed E-state index contributed by atoms with van der Waals surface area (Å²) >= 11 is 0. The Morgan fingerprint density at radius 3 is 2.18 bits per heavy atom. The van der Waals surface area contributed by atoms with Crippen LogP contribution in [-0.2, 0) is 4.79 Å². The summed E-state index contributed by atoms with van der Waals surface area (Å²) < 4.78 is 0. The number of hydrogen-bond donors (Lipinski definition) is 1. The van der Waals surface area contributed by atoms with Crippen molar-refractivity contribution in [1.82, 2.24) is 0 Å². The van der Waals surface area contributed by atoms with Gasteiger partial charge >= 0.3 is 0 Å². The van der Waals surface area contributed by atoms with Crippen LogP contribution in [0.4, 0.5) is 5.69 Å². The maximum Gasteiger partial charge on any atom is 0.164 e. The van der Waals surface area contributed by atoms with Gasteiger partial charge < -0.3 is 5.11 Å². The number of aryl methyl sites for hydroxylation is 2. The highest BCUT2D eigenvalue weighted by atomic mass is 16.3. The van der Waals surface area contributed by atoms with E-state index in [2.05, 4.69) is 4.99 Å². The van der Waals surface area contributed by atoms with E-state index in [0.717, 1.165) is 16.8 Å². The van der Waals surface area contributed by atoms with Crippen molar-refractivity contribution in [3.05, 3.63) is 40.7 Å². The Kier molecular flexibility index (Phi) is 4.21. The van der Waals surface area contributed by atoms with Crippen LogP contribution in [0.15, 0.2) is 34.5 Å². The topological polar surface area (TPSA) is 49.7 Å². The average molecular weight is 231 g/mol. The zero-order valence-corrected chi connectivity index (χ0v) is 10.6. The molecule has 0 spiro atoms. The molecule has 0 bridgehead atoms. The summed E-state index contributed by atoms with van der Waals surface area (Å²) in [4.78, 5) is 15.6. The fourth-order valence-electron chi connectivity index (χ4n) is 1.58. The Labute approximate surface area is 102 Å². The minimum absolute atomic E-state index is 0.00696. The van der Waals surface area contributed by atoms with Crippen molar-refractivity contribution in [3.63, 3.8) is 0 Å². The largest absolute Gasteiger partial charge is 0.512 e. The predicted molar refractivity (Wildman–Crippen MR) is 70.1 cm³/mol. The van der Waals surface area contributed by atoms with Gasteiger partial charge in [-0.1, -0.05) is 18.2 Å². The molecule has 0 aliphatic rings. The summed E-state index contributed by atoms with van der Waals surface area (Å²) in [5.74, 6) is -0.201. The van der Waals surface area contributed by atoms with Crippen LogP contribution in [0.25, 0.3) is 0 Å². The summed E-state index contributed by atoms with van der Waals surface area (Å²) in [6.07, 6.45) is 1.42. The van der Waals surface area contributed by atoms with Crippen molar-refractivity contribution in [3.8, 4) is 0 Å². The molecule has 3 heteroatoms. The SMILES string of the molecule is CC(=O)C(C=Nc1c(C)cccc1C)=C(C)O. The van der Waals surface area contributed by atoms with Gasteiger partial charge in [-0.15, -0.1) is 0 Å². The summed E-state index contributed by atoms with van der Waals surface area (Å²) in [7, 11) is 0. The maximum absolute atomic E-state index is 11.3. The Morgan fingerprint density at radius 1 is 1.24 bits per heavy atom. The number of ketones is 1. The normalized spacial score (nSPS) is 12.7. The van der Waals surface area contributed by atoms with Crippen LogP contribution in [0, 0.1) is 13.8 Å². The van der Waals surface area contributed by atoms with Crippen LogP contribution in [-0.4, -0.2) is 17.1 Å². The Bertz CT molecular complexity index is 475. The van der Waals surface area contributed by atoms with Crippen molar-refractivity contribution >= 4 is 17.7 Å². The lowest BCUT2D eigenvalue weighted by Crippen LogP contribution is -2.01. The average Bonchev–Trinajstić information content (AvgIpc) is 2.21. The highest BCUT2D eigenvalue weighted by Gasteiger charge is 2.05. The molecular weight excluding hydrogens is 214 g/mol. The van der Waals surface area contributed by atoms with E-state index in [1.54, 1.807) is 0 Å². The van der Waals surface area contributed by atoms with Gasteiger partial charge in [0.05, 0.1) is 11.3 Å². The number of nitrogens with zero attached hydrogens (tertiary/aromatic N) is 1. The number of allylic oxidation sites excluding steroid dienone is 2. The molecule has 1 aromatic rings. The number of aliphatic hydroxyl groups is 1. The van der Waals surface area contributed by atoms with Gasteiger partial charge in [0.2, 0.25) is 0 Å². The fraction of sp³-hybridized carbons (Fsp3) is 0.286. The molecule has 0 amide bonds. The first-order valence-electron chi connectivity index (χ1n) is 5.44. The minimum atomic E-state index is -0.194. The molecule has 0 radical (unpaired) electrons. The Morgan fingerprint density at radius 2 is 1.76 bits per heavy atom. The van der Waals surface area contributed by atoms with Gasteiger partial charge in [-0.2, -0.15) is 0 Å². The third-order valence-electron chi connectivity index (χ3n) is 2.53. The zero-order chi connectivity index (χ0) is 13.0. The molecule has 1 aromatic carbocycles. The third kappa shape index (κ3) is 3.28. The van der Waals surface area contributed by atoms with Gasteiger partial charge in [-0.05, 0) is 38.8 Å². The smallest absolute Gasteiger partial charge is 0.164 e. The Balaban J connectivity index is 3.14. The number of rotatable bonds is 3. The molecule has 0 heterocycles. The molecule has 1 rings (SSSR count). The van der Waals surface area contributed by atoms with E-state index in [-0.39, 0.29) is 17.1 Å². The zero-order valence-electron chi connectivity index (χ0n) is 10.6. The van der Waals surface area contributed by atoms with Crippen LogP contribution < -0.4 is 0 Å². The van der Waals surface area contributed by atoms with Crippen molar-refractivity contribution in [2.24, 2.45) is 4.99 Å². The molecule has 0 aliphatic carbocycles. The van der Waals surface area contributed by atoms with Crippen LogP contribution in [0.1, 0.15) is 25.0 Å². The standard InChI is InChI=1S/C14H17NO2/c1-9-6-5-7-10(2)14(9)15-8-13(11(3)16)12(4)17/h5-8,16H,1-4H3. The van der Waals surface area contributed by atoms with Crippen LogP contribution in [0.2, 0.25) is 0 Å². The molecule has 0 aromatic heterocycles. The van der Waals surface area contributed by atoms with E-state index in [9.17, 15) is 9.90 Å². The lowest BCUT2D eigenvalue weighted by Gasteiger charge is -2.04. The van der Waals surface area contributed by atoms with Gasteiger partial charge in [-0.3, -0.25) is 9.79 Å². The van der Waals surface area contributed by atoms with Crippen LogP contribution in [0.3, 0.4) is 0 Å². The molecule has 0 saturated heterocycles. The third-order valence-corrected chi connectivity index (χ3v) is 2.53. The van der Waals surface area contributed by atoms with Crippen LogP contribution in [0.5, 0.6) is 0 Å². The number of Topliss-reactive ketones (excluding diaryl/α,β-unsaturated/α-hetero) is 1. The number of carbonyl (C=O) groups excluding carboxylic acids is 1. The fourth-order valence-corrected chi connectivity index (χ4v) is 1.58. The molecule has 1 N–H and O–H groups in total. The lowest BCUT2D eigenvalue weighted by molar-refractivity contribution is -0.113. The molecule has 0 unspecified atom stereocenters. The summed E-state index contributed by atoms with van der Waals surface area (Å²) in [6.45, 7) is 6.81. The predicted octanol–water partition coefficient (Wildman–Crippen LogP) is 3.43.